The van der Waals surface area contributed by atoms with Crippen molar-refractivity contribution in [3.05, 3.63) is 46.6 Å². The third kappa shape index (κ3) is 2.96. The monoisotopic (exact) mass is 277 g/mol. The highest BCUT2D eigenvalue weighted by Crippen LogP contribution is 2.22. The van der Waals surface area contributed by atoms with Gasteiger partial charge >= 0.3 is 0 Å². The number of nitrogens with one attached hydrogen (secondary N) is 1. The highest BCUT2D eigenvalue weighted by atomic mass is 35.5. The minimum absolute atomic E-state index is 0.373. The van der Waals surface area contributed by atoms with Gasteiger partial charge in [-0.2, -0.15) is 4.98 Å². The van der Waals surface area contributed by atoms with Crippen molar-refractivity contribution in [3.63, 3.8) is 0 Å². The highest BCUT2D eigenvalue weighted by Gasteiger charge is 2.20. The van der Waals surface area contributed by atoms with Gasteiger partial charge in [-0.15, -0.1) is 0 Å². The third-order valence-corrected chi connectivity index (χ3v) is 3.81. The first-order chi connectivity index (χ1) is 9.33. The number of aromatic nitrogens is 2. The molecule has 0 radical (unpaired) electrons. The summed E-state index contributed by atoms with van der Waals surface area (Å²) in [4.78, 5) is 4.49. The molecule has 3 rings (SSSR count). The summed E-state index contributed by atoms with van der Waals surface area (Å²) in [6, 6.07) is 7.73. The van der Waals surface area contributed by atoms with Crippen molar-refractivity contribution in [2.45, 2.75) is 25.2 Å². The standard InChI is InChI=1S/C14H16ClN3O/c15-12-6-2-1-4-10(12)8-13-17-14(18-19-13)11-5-3-7-16-9-11/h1-2,4,6,11,16H,3,5,7-9H2. The Morgan fingerprint density at radius 3 is 3.05 bits per heavy atom. The van der Waals surface area contributed by atoms with Crippen LogP contribution >= 0.6 is 11.6 Å². The van der Waals surface area contributed by atoms with Crippen LogP contribution in [0, 0.1) is 0 Å². The van der Waals surface area contributed by atoms with Gasteiger partial charge in [0.05, 0.1) is 6.42 Å². The molecule has 1 atom stereocenters. The molecule has 2 heterocycles. The van der Waals surface area contributed by atoms with Crippen molar-refractivity contribution in [2.24, 2.45) is 0 Å². The molecule has 0 saturated carbocycles. The summed E-state index contributed by atoms with van der Waals surface area (Å²) < 4.78 is 5.33. The predicted molar refractivity (Wildman–Crippen MR) is 73.4 cm³/mol. The number of piperidine rings is 1. The first-order valence-electron chi connectivity index (χ1n) is 6.59. The van der Waals surface area contributed by atoms with E-state index >= 15 is 0 Å². The van der Waals surface area contributed by atoms with Gasteiger partial charge in [0.1, 0.15) is 0 Å². The fraction of sp³-hybridized carbons (Fsp3) is 0.429. The number of rotatable bonds is 3. The summed E-state index contributed by atoms with van der Waals surface area (Å²) in [5, 5.41) is 8.19. The molecule has 0 spiro atoms. The molecule has 0 amide bonds. The SMILES string of the molecule is Clc1ccccc1Cc1nc(C2CCCNC2)no1. The Kier molecular flexibility index (Phi) is 3.80. The summed E-state index contributed by atoms with van der Waals surface area (Å²) >= 11 is 6.13. The van der Waals surface area contributed by atoms with Crippen molar-refractivity contribution in [1.82, 2.24) is 15.5 Å². The normalized spacial score (nSPS) is 19.5. The van der Waals surface area contributed by atoms with E-state index in [0.29, 0.717) is 18.2 Å². The van der Waals surface area contributed by atoms with E-state index in [4.69, 9.17) is 16.1 Å². The van der Waals surface area contributed by atoms with Crippen LogP contribution in [0.15, 0.2) is 28.8 Å². The molecule has 0 aliphatic carbocycles. The van der Waals surface area contributed by atoms with Gasteiger partial charge in [0, 0.05) is 17.5 Å². The molecular weight excluding hydrogens is 262 g/mol. The van der Waals surface area contributed by atoms with Crippen LogP contribution in [0.4, 0.5) is 0 Å². The lowest BCUT2D eigenvalue weighted by molar-refractivity contribution is 0.366. The van der Waals surface area contributed by atoms with Crippen LogP contribution in [-0.4, -0.2) is 23.2 Å². The van der Waals surface area contributed by atoms with Gasteiger partial charge in [0.25, 0.3) is 0 Å². The van der Waals surface area contributed by atoms with Gasteiger partial charge in [-0.25, -0.2) is 0 Å². The van der Waals surface area contributed by atoms with Gasteiger partial charge < -0.3 is 9.84 Å². The van der Waals surface area contributed by atoms with Crippen LogP contribution in [0.5, 0.6) is 0 Å². The Hall–Kier alpha value is -1.39. The predicted octanol–water partition coefficient (Wildman–Crippen LogP) is 2.78. The van der Waals surface area contributed by atoms with E-state index in [2.05, 4.69) is 15.5 Å². The summed E-state index contributed by atoms with van der Waals surface area (Å²) in [5.41, 5.74) is 1.01. The fourth-order valence-electron chi connectivity index (χ4n) is 2.38. The zero-order valence-corrected chi connectivity index (χ0v) is 11.4. The molecule has 1 aromatic heterocycles. The number of hydrogen-bond acceptors (Lipinski definition) is 4. The maximum absolute atomic E-state index is 6.13. The molecule has 1 N–H and O–H groups in total. The summed E-state index contributed by atoms with van der Waals surface area (Å²) in [6.07, 6.45) is 2.88. The smallest absolute Gasteiger partial charge is 0.231 e. The first kappa shape index (κ1) is 12.6. The molecule has 1 unspecified atom stereocenters. The second kappa shape index (κ2) is 5.72. The Balaban J connectivity index is 1.73. The first-order valence-corrected chi connectivity index (χ1v) is 6.97. The number of halogens is 1. The van der Waals surface area contributed by atoms with Gasteiger partial charge in [-0.1, -0.05) is 35.0 Å². The summed E-state index contributed by atoms with van der Waals surface area (Å²) in [5.74, 6) is 1.82. The van der Waals surface area contributed by atoms with Crippen molar-refractivity contribution in [3.8, 4) is 0 Å². The Morgan fingerprint density at radius 1 is 1.37 bits per heavy atom. The van der Waals surface area contributed by atoms with E-state index in [1.54, 1.807) is 0 Å². The Bertz CT molecular complexity index is 549. The van der Waals surface area contributed by atoms with Crippen LogP contribution in [-0.2, 0) is 6.42 Å². The van der Waals surface area contributed by atoms with E-state index in [1.807, 2.05) is 24.3 Å². The average molecular weight is 278 g/mol. The van der Waals surface area contributed by atoms with Crippen molar-refractivity contribution < 1.29 is 4.52 Å². The lowest BCUT2D eigenvalue weighted by Crippen LogP contribution is -2.28. The minimum atomic E-state index is 0.373. The molecule has 19 heavy (non-hydrogen) atoms. The van der Waals surface area contributed by atoms with E-state index in [0.717, 1.165) is 35.9 Å². The van der Waals surface area contributed by atoms with Crippen molar-refractivity contribution in [2.75, 3.05) is 13.1 Å². The summed E-state index contributed by atoms with van der Waals surface area (Å²) in [7, 11) is 0. The number of nitrogens with zero attached hydrogens (tertiary/aromatic N) is 2. The van der Waals surface area contributed by atoms with Gasteiger partial charge in [0.15, 0.2) is 5.82 Å². The van der Waals surface area contributed by atoms with Crippen molar-refractivity contribution in [1.29, 1.82) is 0 Å². The molecule has 5 heteroatoms. The van der Waals surface area contributed by atoms with Gasteiger partial charge in [-0.3, -0.25) is 0 Å². The largest absolute Gasteiger partial charge is 0.339 e. The lowest BCUT2D eigenvalue weighted by Gasteiger charge is -2.19. The van der Waals surface area contributed by atoms with Crippen LogP contribution in [0.1, 0.15) is 36.0 Å². The Morgan fingerprint density at radius 2 is 2.26 bits per heavy atom. The van der Waals surface area contributed by atoms with Crippen LogP contribution in [0.25, 0.3) is 0 Å². The maximum atomic E-state index is 6.13. The van der Waals surface area contributed by atoms with Gasteiger partial charge in [0.2, 0.25) is 5.89 Å². The van der Waals surface area contributed by atoms with Crippen LogP contribution in [0.2, 0.25) is 5.02 Å². The summed E-state index contributed by atoms with van der Waals surface area (Å²) in [6.45, 7) is 2.02. The molecule has 1 saturated heterocycles. The van der Waals surface area contributed by atoms with Crippen LogP contribution < -0.4 is 5.32 Å². The molecule has 2 aromatic rings. The van der Waals surface area contributed by atoms with E-state index in [9.17, 15) is 0 Å². The second-order valence-corrected chi connectivity index (χ2v) is 5.26. The fourth-order valence-corrected chi connectivity index (χ4v) is 2.59. The average Bonchev–Trinajstić information content (AvgIpc) is 2.91. The van der Waals surface area contributed by atoms with Crippen molar-refractivity contribution >= 4 is 11.6 Å². The second-order valence-electron chi connectivity index (χ2n) is 4.86. The maximum Gasteiger partial charge on any atom is 0.231 e. The molecule has 1 aliphatic heterocycles. The lowest BCUT2D eigenvalue weighted by atomic mass is 9.99. The van der Waals surface area contributed by atoms with E-state index < -0.39 is 0 Å². The van der Waals surface area contributed by atoms with Gasteiger partial charge in [-0.05, 0) is 31.0 Å². The minimum Gasteiger partial charge on any atom is -0.339 e. The number of hydrogen-bond donors (Lipinski definition) is 1. The Labute approximate surface area is 117 Å². The molecule has 0 bridgehead atoms. The highest BCUT2D eigenvalue weighted by molar-refractivity contribution is 6.31. The molecule has 1 aliphatic rings. The zero-order chi connectivity index (χ0) is 13.1. The zero-order valence-electron chi connectivity index (χ0n) is 10.6. The molecule has 100 valence electrons. The third-order valence-electron chi connectivity index (χ3n) is 3.45. The van der Waals surface area contributed by atoms with Crippen LogP contribution in [0.3, 0.4) is 0 Å². The molecular formula is C14H16ClN3O. The molecule has 1 aromatic carbocycles. The quantitative estimate of drug-likeness (QED) is 0.937. The number of benzene rings is 1. The topological polar surface area (TPSA) is 51.0 Å². The molecule has 1 fully saturated rings. The molecule has 4 nitrogen and oxygen atoms in total. The van der Waals surface area contributed by atoms with E-state index in [-0.39, 0.29) is 0 Å². The van der Waals surface area contributed by atoms with E-state index in [1.165, 1.54) is 6.42 Å².